The van der Waals surface area contributed by atoms with Gasteiger partial charge in [0.15, 0.2) is 6.61 Å². The van der Waals surface area contributed by atoms with Crippen LogP contribution in [0.5, 0.6) is 0 Å². The van der Waals surface area contributed by atoms with Gasteiger partial charge in [0.25, 0.3) is 5.91 Å². The molecule has 0 saturated carbocycles. The third kappa shape index (κ3) is 4.96. The maximum Gasteiger partial charge on any atom is 0.311 e. The Morgan fingerprint density at radius 3 is 2.59 bits per heavy atom. The van der Waals surface area contributed by atoms with E-state index in [0.717, 1.165) is 30.2 Å². The van der Waals surface area contributed by atoms with Crippen molar-refractivity contribution in [2.75, 3.05) is 23.4 Å². The third-order valence-corrected chi connectivity index (χ3v) is 4.66. The Balaban J connectivity index is 1.53. The number of carbonyl (C=O) groups excluding carboxylic acids is 3. The molecular formula is C21H20F2N2O4. The van der Waals surface area contributed by atoms with E-state index in [-0.39, 0.29) is 24.6 Å². The fraction of sp³-hybridized carbons (Fsp3) is 0.286. The van der Waals surface area contributed by atoms with Gasteiger partial charge in [-0.2, -0.15) is 0 Å². The van der Waals surface area contributed by atoms with Crippen LogP contribution in [0.25, 0.3) is 0 Å². The highest BCUT2D eigenvalue weighted by atomic mass is 19.1. The zero-order valence-electron chi connectivity index (χ0n) is 15.8. The highest BCUT2D eigenvalue weighted by Crippen LogP contribution is 2.26. The molecular weight excluding hydrogens is 382 g/mol. The number of carbonyl (C=O) groups is 3. The summed E-state index contributed by atoms with van der Waals surface area (Å²) in [6.07, 6.45) is 0.860. The highest BCUT2D eigenvalue weighted by molar-refractivity contribution is 6.00. The molecule has 2 aromatic rings. The zero-order chi connectivity index (χ0) is 21.0. The number of nitrogens with zero attached hydrogens (tertiary/aromatic N) is 1. The van der Waals surface area contributed by atoms with Crippen LogP contribution in [0.2, 0.25) is 0 Å². The van der Waals surface area contributed by atoms with Gasteiger partial charge >= 0.3 is 5.97 Å². The summed E-state index contributed by atoms with van der Waals surface area (Å²) in [7, 11) is 0. The molecule has 29 heavy (non-hydrogen) atoms. The fourth-order valence-electron chi connectivity index (χ4n) is 3.06. The summed E-state index contributed by atoms with van der Waals surface area (Å²) < 4.78 is 31.6. The van der Waals surface area contributed by atoms with Crippen LogP contribution in [0.4, 0.5) is 20.2 Å². The summed E-state index contributed by atoms with van der Waals surface area (Å²) in [5, 5.41) is 2.14. The SMILES string of the molecule is CCc1ccc(N2C[C@H](C(=O)OCC(=O)Nc3cc(F)ccc3F)CC2=O)cc1. The molecule has 0 aliphatic carbocycles. The van der Waals surface area contributed by atoms with Crippen molar-refractivity contribution in [3.05, 3.63) is 59.7 Å². The Kier molecular flexibility index (Phi) is 6.21. The summed E-state index contributed by atoms with van der Waals surface area (Å²) in [4.78, 5) is 37.8. The van der Waals surface area contributed by atoms with Crippen molar-refractivity contribution in [3.63, 3.8) is 0 Å². The van der Waals surface area contributed by atoms with Crippen LogP contribution in [0, 0.1) is 17.6 Å². The normalized spacial score (nSPS) is 16.0. The molecule has 6 nitrogen and oxygen atoms in total. The summed E-state index contributed by atoms with van der Waals surface area (Å²) in [6, 6.07) is 10.1. The lowest BCUT2D eigenvalue weighted by Crippen LogP contribution is -2.28. The van der Waals surface area contributed by atoms with Crippen LogP contribution in [0.3, 0.4) is 0 Å². The van der Waals surface area contributed by atoms with E-state index >= 15 is 0 Å². The van der Waals surface area contributed by atoms with Crippen molar-refractivity contribution in [1.82, 2.24) is 0 Å². The number of aryl methyl sites for hydroxylation is 1. The van der Waals surface area contributed by atoms with Crippen molar-refractivity contribution in [1.29, 1.82) is 0 Å². The van der Waals surface area contributed by atoms with Crippen LogP contribution in [-0.4, -0.2) is 30.9 Å². The van der Waals surface area contributed by atoms with Gasteiger partial charge in [-0.25, -0.2) is 8.78 Å². The second-order valence-corrected chi connectivity index (χ2v) is 6.71. The second kappa shape index (κ2) is 8.81. The van der Waals surface area contributed by atoms with Gasteiger partial charge in [-0.3, -0.25) is 14.4 Å². The molecule has 1 fully saturated rings. The predicted molar refractivity (Wildman–Crippen MR) is 102 cm³/mol. The van der Waals surface area contributed by atoms with E-state index in [9.17, 15) is 23.2 Å². The molecule has 1 atom stereocenters. The standard InChI is InChI=1S/C21H20F2N2O4/c1-2-13-3-6-16(7-4-13)25-11-14(9-20(25)27)21(28)29-12-19(26)24-18-10-15(22)5-8-17(18)23/h3-8,10,14H,2,9,11-12H2,1H3,(H,24,26)/t14-/m1/s1. The number of esters is 1. The minimum Gasteiger partial charge on any atom is -0.455 e. The minimum absolute atomic E-state index is 0.0193. The lowest BCUT2D eigenvalue weighted by molar-refractivity contribution is -0.151. The number of hydrogen-bond donors (Lipinski definition) is 1. The van der Waals surface area contributed by atoms with Gasteiger partial charge in [-0.15, -0.1) is 0 Å². The van der Waals surface area contributed by atoms with Crippen molar-refractivity contribution < 1.29 is 27.9 Å². The predicted octanol–water partition coefficient (Wildman–Crippen LogP) is 3.06. The highest BCUT2D eigenvalue weighted by Gasteiger charge is 2.36. The Morgan fingerprint density at radius 1 is 1.17 bits per heavy atom. The third-order valence-electron chi connectivity index (χ3n) is 4.66. The van der Waals surface area contributed by atoms with E-state index in [1.807, 2.05) is 31.2 Å². The van der Waals surface area contributed by atoms with E-state index in [1.54, 1.807) is 0 Å². The zero-order valence-corrected chi connectivity index (χ0v) is 15.8. The van der Waals surface area contributed by atoms with Gasteiger partial charge in [-0.05, 0) is 36.2 Å². The Labute approximate surface area is 166 Å². The van der Waals surface area contributed by atoms with Crippen molar-refractivity contribution in [3.8, 4) is 0 Å². The quantitative estimate of drug-likeness (QED) is 0.754. The maximum absolute atomic E-state index is 13.5. The van der Waals surface area contributed by atoms with Gasteiger partial charge in [-0.1, -0.05) is 19.1 Å². The summed E-state index contributed by atoms with van der Waals surface area (Å²) in [5.41, 5.74) is 1.49. The first-order chi connectivity index (χ1) is 13.9. The van der Waals surface area contributed by atoms with Gasteiger partial charge in [0.2, 0.25) is 5.91 Å². The molecule has 1 aliphatic rings. The van der Waals surface area contributed by atoms with Gasteiger partial charge in [0.05, 0.1) is 11.6 Å². The molecule has 0 bridgehead atoms. The molecule has 2 aromatic carbocycles. The molecule has 0 unspecified atom stereocenters. The molecule has 0 radical (unpaired) electrons. The van der Waals surface area contributed by atoms with Crippen molar-refractivity contribution in [2.45, 2.75) is 19.8 Å². The molecule has 1 N–H and O–H groups in total. The van der Waals surface area contributed by atoms with Crippen LogP contribution in [0.15, 0.2) is 42.5 Å². The Hall–Kier alpha value is -3.29. The largest absolute Gasteiger partial charge is 0.455 e. The molecule has 8 heteroatoms. The Morgan fingerprint density at radius 2 is 1.90 bits per heavy atom. The number of ether oxygens (including phenoxy) is 1. The first-order valence-electron chi connectivity index (χ1n) is 9.18. The first kappa shape index (κ1) is 20.4. The average Bonchev–Trinajstić information content (AvgIpc) is 3.10. The van der Waals surface area contributed by atoms with Gasteiger partial charge < -0.3 is 15.0 Å². The molecule has 0 aromatic heterocycles. The molecule has 1 aliphatic heterocycles. The number of halogens is 2. The number of nitrogens with one attached hydrogen (secondary N) is 1. The monoisotopic (exact) mass is 402 g/mol. The number of anilines is 2. The van der Waals surface area contributed by atoms with E-state index in [1.165, 1.54) is 4.90 Å². The van der Waals surface area contributed by atoms with Crippen molar-refractivity contribution in [2.24, 2.45) is 5.92 Å². The number of rotatable bonds is 6. The van der Waals surface area contributed by atoms with Gasteiger partial charge in [0.1, 0.15) is 11.6 Å². The first-order valence-corrected chi connectivity index (χ1v) is 9.18. The Bertz CT molecular complexity index is 931. The molecule has 0 spiro atoms. The number of amides is 2. The average molecular weight is 402 g/mol. The lowest BCUT2D eigenvalue weighted by Gasteiger charge is -2.17. The topological polar surface area (TPSA) is 75.7 Å². The molecule has 3 rings (SSSR count). The summed E-state index contributed by atoms with van der Waals surface area (Å²) in [5.74, 6) is -3.93. The minimum atomic E-state index is -0.808. The lowest BCUT2D eigenvalue weighted by atomic mass is 10.1. The van der Waals surface area contributed by atoms with Crippen LogP contribution >= 0.6 is 0 Å². The number of hydrogen-bond acceptors (Lipinski definition) is 4. The van der Waals surface area contributed by atoms with E-state index in [4.69, 9.17) is 4.74 Å². The summed E-state index contributed by atoms with van der Waals surface area (Å²) >= 11 is 0. The second-order valence-electron chi connectivity index (χ2n) is 6.71. The summed E-state index contributed by atoms with van der Waals surface area (Å²) in [6.45, 7) is 1.52. The van der Waals surface area contributed by atoms with Gasteiger partial charge in [0, 0.05) is 24.7 Å². The fourth-order valence-corrected chi connectivity index (χ4v) is 3.06. The van der Waals surface area contributed by atoms with Crippen LogP contribution < -0.4 is 10.2 Å². The molecule has 1 saturated heterocycles. The van der Waals surface area contributed by atoms with E-state index in [0.29, 0.717) is 5.69 Å². The van der Waals surface area contributed by atoms with Crippen LogP contribution in [0.1, 0.15) is 18.9 Å². The van der Waals surface area contributed by atoms with Crippen LogP contribution in [-0.2, 0) is 25.5 Å². The van der Waals surface area contributed by atoms with E-state index in [2.05, 4.69) is 5.32 Å². The smallest absolute Gasteiger partial charge is 0.311 e. The number of benzene rings is 2. The molecule has 2 amide bonds. The molecule has 152 valence electrons. The molecule has 1 heterocycles. The maximum atomic E-state index is 13.5. The van der Waals surface area contributed by atoms with E-state index < -0.39 is 36.0 Å². The van der Waals surface area contributed by atoms with Crippen molar-refractivity contribution >= 4 is 29.2 Å².